The Balaban J connectivity index is 1.64. The summed E-state index contributed by atoms with van der Waals surface area (Å²) in [7, 11) is 0. The van der Waals surface area contributed by atoms with Crippen LogP contribution in [0.2, 0.25) is 5.02 Å². The van der Waals surface area contributed by atoms with Crippen LogP contribution in [0.4, 0.5) is 4.39 Å². The molecule has 1 fully saturated rings. The first-order valence-electron chi connectivity index (χ1n) is 8.17. The van der Waals surface area contributed by atoms with Crippen molar-refractivity contribution in [3.63, 3.8) is 0 Å². The van der Waals surface area contributed by atoms with Crippen LogP contribution in [0.15, 0.2) is 28.9 Å². The third kappa shape index (κ3) is 3.88. The first kappa shape index (κ1) is 18.4. The molecule has 2 aromatic rings. The van der Waals surface area contributed by atoms with Gasteiger partial charge in [-0.1, -0.05) is 17.7 Å². The molecule has 0 spiro atoms. The van der Waals surface area contributed by atoms with Crippen LogP contribution in [-0.2, 0) is 13.1 Å². The summed E-state index contributed by atoms with van der Waals surface area (Å²) in [6.45, 7) is 5.57. The Morgan fingerprint density at radius 3 is 2.68 bits per heavy atom. The fourth-order valence-corrected chi connectivity index (χ4v) is 3.67. The van der Waals surface area contributed by atoms with Gasteiger partial charge in [0.25, 0.3) is 5.91 Å². The molecule has 1 aromatic heterocycles. The molecular formula is C17H19BrClFN4O. The molecule has 0 bridgehead atoms. The number of amides is 1. The number of halogens is 3. The molecule has 5 nitrogen and oxygen atoms in total. The van der Waals surface area contributed by atoms with Crippen molar-refractivity contribution < 1.29 is 9.18 Å². The van der Waals surface area contributed by atoms with E-state index in [1.54, 1.807) is 23.0 Å². The van der Waals surface area contributed by atoms with Gasteiger partial charge in [-0.15, -0.1) is 0 Å². The number of nitrogens with zero attached hydrogens (tertiary/aromatic N) is 4. The molecule has 3 rings (SSSR count). The first-order valence-corrected chi connectivity index (χ1v) is 9.34. The van der Waals surface area contributed by atoms with E-state index in [2.05, 4.69) is 25.9 Å². The van der Waals surface area contributed by atoms with Crippen molar-refractivity contribution in [3.05, 3.63) is 51.0 Å². The summed E-state index contributed by atoms with van der Waals surface area (Å²) in [6.07, 6.45) is 1.65. The predicted octanol–water partition coefficient (Wildman–Crippen LogP) is 3.42. The maximum absolute atomic E-state index is 13.9. The molecule has 1 aliphatic rings. The van der Waals surface area contributed by atoms with E-state index in [4.69, 9.17) is 11.6 Å². The Kier molecular flexibility index (Phi) is 5.76. The van der Waals surface area contributed by atoms with E-state index < -0.39 is 0 Å². The van der Waals surface area contributed by atoms with Crippen LogP contribution in [0.1, 0.15) is 23.0 Å². The summed E-state index contributed by atoms with van der Waals surface area (Å²) in [6, 6.07) is 4.72. The van der Waals surface area contributed by atoms with Crippen LogP contribution in [0.5, 0.6) is 0 Å². The third-order valence-corrected chi connectivity index (χ3v) is 5.33. The zero-order chi connectivity index (χ0) is 18.0. The predicted molar refractivity (Wildman–Crippen MR) is 98.2 cm³/mol. The summed E-state index contributed by atoms with van der Waals surface area (Å²) in [5, 5.41) is 4.64. The zero-order valence-corrected chi connectivity index (χ0v) is 16.2. The van der Waals surface area contributed by atoms with Crippen molar-refractivity contribution in [1.82, 2.24) is 19.6 Å². The minimum absolute atomic E-state index is 0.0326. The number of aryl methyl sites for hydroxylation is 1. The highest BCUT2D eigenvalue weighted by molar-refractivity contribution is 9.10. The lowest BCUT2D eigenvalue weighted by atomic mass is 10.1. The van der Waals surface area contributed by atoms with Gasteiger partial charge in [0.2, 0.25) is 0 Å². The number of piperazine rings is 1. The van der Waals surface area contributed by atoms with Crippen LogP contribution in [0.25, 0.3) is 0 Å². The van der Waals surface area contributed by atoms with Crippen molar-refractivity contribution in [3.8, 4) is 0 Å². The van der Waals surface area contributed by atoms with E-state index in [1.807, 2.05) is 11.8 Å². The molecule has 25 heavy (non-hydrogen) atoms. The van der Waals surface area contributed by atoms with E-state index in [0.717, 1.165) is 0 Å². The molecule has 0 unspecified atom stereocenters. The summed E-state index contributed by atoms with van der Waals surface area (Å²) in [5.74, 6) is -0.323. The number of benzene rings is 1. The fourth-order valence-electron chi connectivity index (χ4n) is 2.98. The van der Waals surface area contributed by atoms with Gasteiger partial charge in [-0.25, -0.2) is 4.39 Å². The van der Waals surface area contributed by atoms with E-state index >= 15 is 0 Å². The van der Waals surface area contributed by atoms with Crippen molar-refractivity contribution in [1.29, 1.82) is 0 Å². The smallest absolute Gasteiger partial charge is 0.273 e. The minimum atomic E-state index is -0.290. The first-order chi connectivity index (χ1) is 12.0. The van der Waals surface area contributed by atoms with E-state index in [0.29, 0.717) is 60.0 Å². The standard InChI is InChI=1S/C17H19BrClFN4O/c1-2-24-16(13(18)10-21-24)17(25)23-8-6-22(7-9-23)11-12-14(19)4-3-5-15(12)20/h3-5,10H,2,6-9,11H2,1H3. The van der Waals surface area contributed by atoms with Crippen LogP contribution < -0.4 is 0 Å². The summed E-state index contributed by atoms with van der Waals surface area (Å²) in [5.41, 5.74) is 1.09. The third-order valence-electron chi connectivity index (χ3n) is 4.40. The van der Waals surface area contributed by atoms with Gasteiger partial charge in [0, 0.05) is 49.9 Å². The fraction of sp³-hybridized carbons (Fsp3) is 0.412. The van der Waals surface area contributed by atoms with Crippen LogP contribution >= 0.6 is 27.5 Å². The molecular weight excluding hydrogens is 411 g/mol. The molecule has 1 aromatic carbocycles. The Bertz CT molecular complexity index is 754. The molecule has 0 atom stereocenters. The average molecular weight is 430 g/mol. The molecule has 1 saturated heterocycles. The summed E-state index contributed by atoms with van der Waals surface area (Å²) >= 11 is 9.50. The van der Waals surface area contributed by atoms with Gasteiger partial charge in [0.05, 0.1) is 10.7 Å². The molecule has 0 radical (unpaired) electrons. The van der Waals surface area contributed by atoms with Gasteiger partial charge in [-0.3, -0.25) is 14.4 Å². The molecule has 134 valence electrons. The SMILES string of the molecule is CCn1ncc(Br)c1C(=O)N1CCN(Cc2c(F)cccc2Cl)CC1. The van der Waals surface area contributed by atoms with Gasteiger partial charge in [-0.2, -0.15) is 5.10 Å². The molecule has 0 saturated carbocycles. The second-order valence-electron chi connectivity index (χ2n) is 5.93. The number of rotatable bonds is 4. The lowest BCUT2D eigenvalue weighted by Crippen LogP contribution is -2.48. The van der Waals surface area contributed by atoms with Crippen molar-refractivity contribution in [2.45, 2.75) is 20.0 Å². The van der Waals surface area contributed by atoms with Gasteiger partial charge in [0.1, 0.15) is 11.5 Å². The Morgan fingerprint density at radius 2 is 2.04 bits per heavy atom. The van der Waals surface area contributed by atoms with E-state index in [-0.39, 0.29) is 11.7 Å². The number of carbonyl (C=O) groups is 1. The van der Waals surface area contributed by atoms with E-state index in [1.165, 1.54) is 6.07 Å². The Morgan fingerprint density at radius 1 is 1.32 bits per heavy atom. The van der Waals surface area contributed by atoms with Crippen LogP contribution in [0, 0.1) is 5.82 Å². The second kappa shape index (κ2) is 7.85. The largest absolute Gasteiger partial charge is 0.335 e. The van der Waals surface area contributed by atoms with Gasteiger partial charge < -0.3 is 4.90 Å². The highest BCUT2D eigenvalue weighted by atomic mass is 79.9. The molecule has 1 amide bonds. The van der Waals surface area contributed by atoms with Crippen molar-refractivity contribution in [2.24, 2.45) is 0 Å². The zero-order valence-electron chi connectivity index (χ0n) is 13.9. The Hall–Kier alpha value is -1.44. The van der Waals surface area contributed by atoms with Gasteiger partial charge >= 0.3 is 0 Å². The summed E-state index contributed by atoms with van der Waals surface area (Å²) in [4.78, 5) is 16.7. The normalized spacial score (nSPS) is 15.6. The monoisotopic (exact) mass is 428 g/mol. The lowest BCUT2D eigenvalue weighted by Gasteiger charge is -2.35. The van der Waals surface area contributed by atoms with Crippen molar-refractivity contribution in [2.75, 3.05) is 26.2 Å². The Labute approximate surface area is 159 Å². The molecule has 0 aliphatic carbocycles. The number of carbonyl (C=O) groups excluding carboxylic acids is 1. The molecule has 0 N–H and O–H groups in total. The van der Waals surface area contributed by atoms with Crippen molar-refractivity contribution >= 4 is 33.4 Å². The maximum Gasteiger partial charge on any atom is 0.273 e. The van der Waals surface area contributed by atoms with Crippen LogP contribution in [0.3, 0.4) is 0 Å². The molecule has 2 heterocycles. The lowest BCUT2D eigenvalue weighted by molar-refractivity contribution is 0.0614. The molecule has 1 aliphatic heterocycles. The topological polar surface area (TPSA) is 41.4 Å². The summed E-state index contributed by atoms with van der Waals surface area (Å²) < 4.78 is 16.3. The van der Waals surface area contributed by atoms with Gasteiger partial charge in [0.15, 0.2) is 0 Å². The maximum atomic E-state index is 13.9. The highest BCUT2D eigenvalue weighted by Gasteiger charge is 2.26. The highest BCUT2D eigenvalue weighted by Crippen LogP contribution is 2.22. The minimum Gasteiger partial charge on any atom is -0.335 e. The average Bonchev–Trinajstić information content (AvgIpc) is 2.99. The number of hydrogen-bond donors (Lipinski definition) is 0. The van der Waals surface area contributed by atoms with Crippen LogP contribution in [-0.4, -0.2) is 51.7 Å². The number of hydrogen-bond acceptors (Lipinski definition) is 3. The second-order valence-corrected chi connectivity index (χ2v) is 7.19. The number of aromatic nitrogens is 2. The van der Waals surface area contributed by atoms with E-state index in [9.17, 15) is 9.18 Å². The quantitative estimate of drug-likeness (QED) is 0.748. The molecule has 8 heteroatoms. The van der Waals surface area contributed by atoms with Gasteiger partial charge in [-0.05, 0) is 35.0 Å².